The summed E-state index contributed by atoms with van der Waals surface area (Å²) in [5.74, 6) is 0.949. The van der Waals surface area contributed by atoms with E-state index in [0.717, 1.165) is 63.4 Å². The van der Waals surface area contributed by atoms with Crippen molar-refractivity contribution in [2.24, 2.45) is 34.5 Å². The fraction of sp³-hybridized carbons (Fsp3) is 0.900. The molecular weight excluding hydrogens is 518 g/mol. The summed E-state index contributed by atoms with van der Waals surface area (Å²) in [5.41, 5.74) is 0.0988. The third kappa shape index (κ3) is 4.08. The summed E-state index contributed by atoms with van der Waals surface area (Å²) < 4.78 is 11.1. The van der Waals surface area contributed by atoms with Crippen molar-refractivity contribution in [3.05, 3.63) is 11.6 Å². The Kier molecular flexibility index (Phi) is 7.43. The molecule has 1 saturated heterocycles. The van der Waals surface area contributed by atoms with Gasteiger partial charge in [-0.15, -0.1) is 0 Å². The second kappa shape index (κ2) is 10.3. The first-order valence-corrected chi connectivity index (χ1v) is 15.2. The summed E-state index contributed by atoms with van der Waals surface area (Å²) in [5, 5.41) is 55.1. The Morgan fingerprint density at radius 1 is 1.00 bits per heavy atom. The highest BCUT2D eigenvalue weighted by Crippen LogP contribution is 2.70. The van der Waals surface area contributed by atoms with E-state index in [1.165, 1.54) is 7.11 Å². The molecule has 13 atom stereocenters. The Balaban J connectivity index is 1.19. The SMILES string of the molecule is CON(C1O[C@H](CO)[C@H](O)[C@@H](O)[C@@H]1O)[C@H]1CC[C@@]2(C)C(CCC3C2CC[C@]2(C)[C@@H](C4=CC(=O)OC4)CC[C@]32O)C1. The number of rotatable bonds is 5. The zero-order valence-electron chi connectivity index (χ0n) is 23.9. The highest BCUT2D eigenvalue weighted by atomic mass is 16.7. The molecular formula is C30H47NO9. The van der Waals surface area contributed by atoms with Gasteiger partial charge in [0.1, 0.15) is 31.0 Å². The van der Waals surface area contributed by atoms with Crippen LogP contribution in [0.2, 0.25) is 0 Å². The van der Waals surface area contributed by atoms with Crippen LogP contribution in [0.4, 0.5) is 0 Å². The molecule has 0 aromatic carbocycles. The average Bonchev–Trinajstić information content (AvgIpc) is 3.48. The van der Waals surface area contributed by atoms with Gasteiger partial charge in [-0.1, -0.05) is 13.8 Å². The van der Waals surface area contributed by atoms with E-state index >= 15 is 0 Å². The van der Waals surface area contributed by atoms with Crippen LogP contribution < -0.4 is 0 Å². The van der Waals surface area contributed by atoms with Crippen molar-refractivity contribution >= 4 is 5.97 Å². The predicted molar refractivity (Wildman–Crippen MR) is 142 cm³/mol. The first-order chi connectivity index (χ1) is 19.0. The van der Waals surface area contributed by atoms with Gasteiger partial charge >= 0.3 is 5.97 Å². The summed E-state index contributed by atoms with van der Waals surface area (Å²) in [7, 11) is 1.53. The Labute approximate surface area is 236 Å². The monoisotopic (exact) mass is 565 g/mol. The maximum absolute atomic E-state index is 12.4. The van der Waals surface area contributed by atoms with Crippen LogP contribution in [0.5, 0.6) is 0 Å². The van der Waals surface area contributed by atoms with Gasteiger partial charge in [-0.25, -0.2) is 4.79 Å². The first-order valence-electron chi connectivity index (χ1n) is 15.2. The van der Waals surface area contributed by atoms with Gasteiger partial charge in [-0.2, -0.15) is 5.06 Å². The number of hydrogen-bond donors (Lipinski definition) is 5. The molecule has 4 aliphatic carbocycles. The summed E-state index contributed by atoms with van der Waals surface area (Å²) in [4.78, 5) is 17.6. The second-order valence-corrected chi connectivity index (χ2v) is 14.0. The zero-order valence-corrected chi connectivity index (χ0v) is 23.9. The maximum atomic E-state index is 12.4. The van der Waals surface area contributed by atoms with Crippen molar-refractivity contribution in [2.45, 2.75) is 114 Å². The Morgan fingerprint density at radius 2 is 1.77 bits per heavy atom. The highest BCUT2D eigenvalue weighted by molar-refractivity contribution is 5.85. The van der Waals surface area contributed by atoms with Crippen LogP contribution in [-0.2, 0) is 19.1 Å². The van der Waals surface area contributed by atoms with Crippen molar-refractivity contribution in [3.63, 3.8) is 0 Å². The van der Waals surface area contributed by atoms with E-state index in [9.17, 15) is 30.3 Å². The van der Waals surface area contributed by atoms with Crippen molar-refractivity contribution in [2.75, 3.05) is 20.3 Å². The van der Waals surface area contributed by atoms with Crippen molar-refractivity contribution < 1.29 is 44.6 Å². The standard InChI is InChI=1S/C30H47NO9/c1-28-9-6-18(31(38-3)27-26(36)25(35)24(34)22(14-32)40-27)13-17(28)4-5-21-20(28)7-10-29(2)19(8-11-30(21,29)37)16-12-23(33)39-15-16/h12,17-22,24-27,32,34-37H,4-11,13-15H2,1-3H3/t17?,18-,19+,20?,21?,22+,24-,25+,26-,27?,28-,29+,30-/m0/s1. The van der Waals surface area contributed by atoms with Crippen molar-refractivity contribution in [1.82, 2.24) is 5.06 Å². The van der Waals surface area contributed by atoms with Gasteiger partial charge in [0.05, 0.1) is 19.3 Å². The number of carbonyl (C=O) groups is 1. The number of aliphatic hydroxyl groups excluding tert-OH is 4. The van der Waals surface area contributed by atoms with Crippen LogP contribution >= 0.6 is 0 Å². The van der Waals surface area contributed by atoms with E-state index in [1.54, 1.807) is 11.1 Å². The van der Waals surface area contributed by atoms with Crippen LogP contribution in [0.3, 0.4) is 0 Å². The van der Waals surface area contributed by atoms with Crippen molar-refractivity contribution in [3.8, 4) is 0 Å². The van der Waals surface area contributed by atoms with E-state index in [2.05, 4.69) is 13.8 Å². The Hall–Kier alpha value is -1.11. The van der Waals surface area contributed by atoms with Crippen LogP contribution in [0.1, 0.15) is 71.6 Å². The first kappa shape index (κ1) is 29.0. The third-order valence-electron chi connectivity index (χ3n) is 12.6. The molecule has 0 aromatic rings. The number of fused-ring (bicyclic) bond motifs is 5. The van der Waals surface area contributed by atoms with E-state index in [0.29, 0.717) is 18.4 Å². The number of cyclic esters (lactones) is 1. The fourth-order valence-corrected chi connectivity index (χ4v) is 10.4. The number of hydrogen-bond acceptors (Lipinski definition) is 10. The maximum Gasteiger partial charge on any atom is 0.331 e. The molecule has 0 amide bonds. The number of aliphatic hydroxyl groups is 5. The lowest BCUT2D eigenvalue weighted by molar-refractivity contribution is -0.344. The van der Waals surface area contributed by atoms with E-state index in [4.69, 9.17) is 14.3 Å². The topological polar surface area (TPSA) is 149 Å². The number of ether oxygens (including phenoxy) is 2. The second-order valence-electron chi connectivity index (χ2n) is 14.0. The van der Waals surface area contributed by atoms with Gasteiger partial charge in [-0.05, 0) is 92.4 Å². The molecule has 226 valence electrons. The lowest BCUT2D eigenvalue weighted by Gasteiger charge is -2.64. The molecule has 6 rings (SSSR count). The van der Waals surface area contributed by atoms with Crippen LogP contribution in [0.25, 0.3) is 0 Å². The van der Waals surface area contributed by atoms with Crippen LogP contribution in [0, 0.1) is 34.5 Å². The Morgan fingerprint density at radius 3 is 2.45 bits per heavy atom. The summed E-state index contributed by atoms with van der Waals surface area (Å²) in [6, 6.07) is -0.0549. The van der Waals surface area contributed by atoms with E-state index in [1.807, 2.05) is 0 Å². The molecule has 5 N–H and O–H groups in total. The summed E-state index contributed by atoms with van der Waals surface area (Å²) in [6.45, 7) is 4.53. The average molecular weight is 566 g/mol. The zero-order chi connectivity index (χ0) is 28.6. The molecule has 10 nitrogen and oxygen atoms in total. The largest absolute Gasteiger partial charge is 0.458 e. The highest BCUT2D eigenvalue weighted by Gasteiger charge is 2.68. The minimum absolute atomic E-state index is 0.0549. The van der Waals surface area contributed by atoms with Crippen LogP contribution in [-0.4, -0.2) is 99.2 Å². The number of hydroxylamine groups is 2. The molecule has 2 aliphatic heterocycles. The lowest BCUT2D eigenvalue weighted by Crippen LogP contribution is -2.66. The molecule has 5 fully saturated rings. The quantitative estimate of drug-likeness (QED) is 0.244. The van der Waals surface area contributed by atoms with Gasteiger partial charge < -0.3 is 35.0 Å². The third-order valence-corrected chi connectivity index (χ3v) is 12.6. The molecule has 0 radical (unpaired) electrons. The molecule has 2 heterocycles. The number of esters is 1. The fourth-order valence-electron chi connectivity index (χ4n) is 10.4. The summed E-state index contributed by atoms with van der Waals surface area (Å²) in [6.07, 6.45) is 3.63. The smallest absolute Gasteiger partial charge is 0.331 e. The van der Waals surface area contributed by atoms with E-state index < -0.39 is 42.9 Å². The van der Waals surface area contributed by atoms with Crippen LogP contribution in [0.15, 0.2) is 11.6 Å². The minimum Gasteiger partial charge on any atom is -0.458 e. The van der Waals surface area contributed by atoms with Gasteiger partial charge in [0, 0.05) is 17.5 Å². The number of nitrogens with zero attached hydrogens (tertiary/aromatic N) is 1. The molecule has 0 bridgehead atoms. The molecule has 6 aliphatic rings. The van der Waals surface area contributed by atoms with Gasteiger partial charge in [0.2, 0.25) is 0 Å². The molecule has 0 aromatic heterocycles. The normalized spacial score (nSPS) is 52.5. The minimum atomic E-state index is -1.45. The van der Waals surface area contributed by atoms with Gasteiger partial charge in [0.25, 0.3) is 0 Å². The molecule has 4 saturated carbocycles. The predicted octanol–water partition coefficient (Wildman–Crippen LogP) is 1.28. The molecule has 40 heavy (non-hydrogen) atoms. The van der Waals surface area contributed by atoms with Crippen molar-refractivity contribution in [1.29, 1.82) is 0 Å². The Bertz CT molecular complexity index is 1020. The molecule has 0 spiro atoms. The number of carbonyl (C=O) groups excluding carboxylic acids is 1. The molecule has 4 unspecified atom stereocenters. The summed E-state index contributed by atoms with van der Waals surface area (Å²) >= 11 is 0. The van der Waals surface area contributed by atoms with E-state index in [-0.39, 0.29) is 34.7 Å². The molecule has 10 heteroatoms. The lowest BCUT2D eigenvalue weighted by atomic mass is 9.43. The van der Waals surface area contributed by atoms with Gasteiger partial charge in [0.15, 0.2) is 6.23 Å². The van der Waals surface area contributed by atoms with Gasteiger partial charge in [-0.3, -0.25) is 4.84 Å².